The van der Waals surface area contributed by atoms with Crippen molar-refractivity contribution in [2.45, 2.75) is 39.2 Å². The summed E-state index contributed by atoms with van der Waals surface area (Å²) >= 11 is 6.64. The Hall–Kier alpha value is -3.01. The van der Waals surface area contributed by atoms with Crippen LogP contribution in [0, 0.1) is 6.92 Å². The molecule has 182 valence electrons. The lowest BCUT2D eigenvalue weighted by Gasteiger charge is -2.16. The first-order valence-electron chi connectivity index (χ1n) is 11.6. The molecule has 1 atom stereocenters. The first kappa shape index (κ1) is 25.1. The molecule has 1 unspecified atom stereocenters. The summed E-state index contributed by atoms with van der Waals surface area (Å²) in [4.78, 5) is 33.2. The van der Waals surface area contributed by atoms with Gasteiger partial charge in [0.15, 0.2) is 0 Å². The maximum Gasteiger partial charge on any atom is 0.267 e. The van der Waals surface area contributed by atoms with Crippen molar-refractivity contribution >= 4 is 51.7 Å². The van der Waals surface area contributed by atoms with Gasteiger partial charge in [-0.15, -0.1) is 0 Å². The number of hydrogen-bond acceptors (Lipinski definition) is 7. The second-order valence-electron chi connectivity index (χ2n) is 8.41. The first-order valence-corrected chi connectivity index (χ1v) is 12.9. The van der Waals surface area contributed by atoms with Crippen LogP contribution in [0.1, 0.15) is 49.0 Å². The second-order valence-corrected chi connectivity index (χ2v) is 10.1. The minimum absolute atomic E-state index is 0.150. The van der Waals surface area contributed by atoms with Gasteiger partial charge in [-0.25, -0.2) is 4.98 Å². The van der Waals surface area contributed by atoms with Crippen molar-refractivity contribution in [2.24, 2.45) is 0 Å². The normalized spacial score (nSPS) is 15.9. The summed E-state index contributed by atoms with van der Waals surface area (Å²) in [7, 11) is 0. The fraction of sp³-hybridized carbons (Fsp3) is 0.308. The van der Waals surface area contributed by atoms with Gasteiger partial charge in [-0.1, -0.05) is 80.1 Å². The summed E-state index contributed by atoms with van der Waals surface area (Å²) in [5.41, 5.74) is 2.06. The number of aliphatic hydroxyl groups is 1. The molecule has 2 aromatic heterocycles. The molecule has 35 heavy (non-hydrogen) atoms. The Morgan fingerprint density at radius 3 is 2.69 bits per heavy atom. The zero-order chi connectivity index (χ0) is 24.9. The van der Waals surface area contributed by atoms with E-state index in [9.17, 15) is 14.7 Å². The Kier molecular flexibility index (Phi) is 8.00. The molecule has 1 saturated heterocycles. The van der Waals surface area contributed by atoms with Gasteiger partial charge in [0.1, 0.15) is 15.8 Å². The van der Waals surface area contributed by atoms with Gasteiger partial charge in [0, 0.05) is 19.3 Å². The monoisotopic (exact) mass is 508 g/mol. The highest BCUT2D eigenvalue weighted by molar-refractivity contribution is 8.26. The molecule has 0 aliphatic carbocycles. The number of aryl methyl sites for hydroxylation is 1. The van der Waals surface area contributed by atoms with Crippen LogP contribution in [0.5, 0.6) is 0 Å². The van der Waals surface area contributed by atoms with Gasteiger partial charge in [-0.3, -0.25) is 18.9 Å². The molecular formula is C26H28N4O3S2. The van der Waals surface area contributed by atoms with Crippen molar-refractivity contribution in [2.75, 3.05) is 18.4 Å². The van der Waals surface area contributed by atoms with Crippen molar-refractivity contribution in [3.8, 4) is 0 Å². The summed E-state index contributed by atoms with van der Waals surface area (Å²) in [5.74, 6) is 0.121. The number of anilines is 1. The Balaban J connectivity index is 1.71. The molecule has 0 bridgehead atoms. The van der Waals surface area contributed by atoms with Crippen LogP contribution in [0.2, 0.25) is 0 Å². The van der Waals surface area contributed by atoms with Crippen molar-refractivity contribution in [3.63, 3.8) is 0 Å². The van der Waals surface area contributed by atoms with E-state index in [1.807, 2.05) is 43.3 Å². The third kappa shape index (κ3) is 5.47. The molecule has 1 amide bonds. The van der Waals surface area contributed by atoms with E-state index in [1.165, 1.54) is 16.2 Å². The van der Waals surface area contributed by atoms with E-state index in [1.54, 1.807) is 23.2 Å². The molecule has 1 aliphatic heterocycles. The SMILES string of the molecule is CCCCCN1C(=O)/C(=C/c2c(NCC(O)c3ccccc3)nc3c(C)cccn3c2=O)SC1=S. The minimum atomic E-state index is -0.794. The lowest BCUT2D eigenvalue weighted by molar-refractivity contribution is -0.122. The van der Waals surface area contributed by atoms with Crippen LogP contribution >= 0.6 is 24.0 Å². The highest BCUT2D eigenvalue weighted by Gasteiger charge is 2.32. The number of nitrogens with one attached hydrogen (secondary N) is 1. The molecule has 0 saturated carbocycles. The smallest absolute Gasteiger partial charge is 0.267 e. The fourth-order valence-corrected chi connectivity index (χ4v) is 5.20. The van der Waals surface area contributed by atoms with Crippen LogP contribution in [0.25, 0.3) is 11.7 Å². The van der Waals surface area contributed by atoms with E-state index in [4.69, 9.17) is 17.2 Å². The largest absolute Gasteiger partial charge is 0.387 e. The van der Waals surface area contributed by atoms with Gasteiger partial charge in [0.2, 0.25) is 0 Å². The van der Waals surface area contributed by atoms with Crippen LogP contribution in [0.15, 0.2) is 58.4 Å². The van der Waals surface area contributed by atoms with Crippen LogP contribution in [-0.2, 0) is 4.79 Å². The van der Waals surface area contributed by atoms with Crippen molar-refractivity contribution in [3.05, 3.63) is 80.6 Å². The molecular weight excluding hydrogens is 480 g/mol. The number of pyridine rings is 1. The van der Waals surface area contributed by atoms with Gasteiger partial charge < -0.3 is 10.4 Å². The zero-order valence-corrected chi connectivity index (χ0v) is 21.4. The van der Waals surface area contributed by atoms with E-state index in [2.05, 4.69) is 12.2 Å². The van der Waals surface area contributed by atoms with E-state index in [0.29, 0.717) is 27.2 Å². The number of nitrogens with zero attached hydrogens (tertiary/aromatic N) is 3. The predicted molar refractivity (Wildman–Crippen MR) is 145 cm³/mol. The third-order valence-corrected chi connectivity index (χ3v) is 7.24. The Morgan fingerprint density at radius 1 is 1.17 bits per heavy atom. The average Bonchev–Trinajstić information content (AvgIpc) is 3.13. The molecule has 3 heterocycles. The van der Waals surface area contributed by atoms with Crippen molar-refractivity contribution in [1.29, 1.82) is 0 Å². The Bertz CT molecular complexity index is 1340. The number of rotatable bonds is 9. The number of carbonyl (C=O) groups excluding carboxylic acids is 1. The average molecular weight is 509 g/mol. The first-order chi connectivity index (χ1) is 16.9. The fourth-order valence-electron chi connectivity index (χ4n) is 3.91. The maximum atomic E-state index is 13.5. The lowest BCUT2D eigenvalue weighted by Crippen LogP contribution is -2.29. The Labute approximate surface area is 213 Å². The van der Waals surface area contributed by atoms with Crippen molar-refractivity contribution < 1.29 is 9.90 Å². The molecule has 2 N–H and O–H groups in total. The third-order valence-electron chi connectivity index (χ3n) is 5.87. The minimum Gasteiger partial charge on any atom is -0.387 e. The highest BCUT2D eigenvalue weighted by Crippen LogP contribution is 2.33. The predicted octanol–water partition coefficient (Wildman–Crippen LogP) is 4.54. The molecule has 1 aromatic carbocycles. The van der Waals surface area contributed by atoms with Gasteiger partial charge >= 0.3 is 0 Å². The highest BCUT2D eigenvalue weighted by atomic mass is 32.2. The summed E-state index contributed by atoms with van der Waals surface area (Å²) in [6.45, 7) is 4.70. The summed E-state index contributed by atoms with van der Waals surface area (Å²) in [6, 6.07) is 12.9. The van der Waals surface area contributed by atoms with Crippen molar-refractivity contribution in [1.82, 2.24) is 14.3 Å². The van der Waals surface area contributed by atoms with Gasteiger partial charge in [0.25, 0.3) is 11.5 Å². The summed E-state index contributed by atoms with van der Waals surface area (Å²) in [6.07, 6.45) is 5.38. The quantitative estimate of drug-likeness (QED) is 0.249. The summed E-state index contributed by atoms with van der Waals surface area (Å²) < 4.78 is 1.97. The molecule has 9 heteroatoms. The van der Waals surface area contributed by atoms with Gasteiger partial charge in [0.05, 0.1) is 16.6 Å². The molecule has 7 nitrogen and oxygen atoms in total. The number of fused-ring (bicyclic) bond motifs is 1. The number of unbranched alkanes of at least 4 members (excludes halogenated alkanes) is 2. The zero-order valence-electron chi connectivity index (χ0n) is 19.7. The maximum absolute atomic E-state index is 13.5. The van der Waals surface area contributed by atoms with E-state index in [0.717, 1.165) is 30.4 Å². The summed E-state index contributed by atoms with van der Waals surface area (Å²) in [5, 5.41) is 13.8. The second kappa shape index (κ2) is 11.2. The van der Waals surface area contributed by atoms with Crippen LogP contribution in [0.3, 0.4) is 0 Å². The van der Waals surface area contributed by atoms with Crippen LogP contribution in [0.4, 0.5) is 5.82 Å². The van der Waals surface area contributed by atoms with Crippen LogP contribution in [-0.4, -0.2) is 42.7 Å². The van der Waals surface area contributed by atoms with Gasteiger partial charge in [-0.05, 0) is 36.6 Å². The topological polar surface area (TPSA) is 86.9 Å². The molecule has 1 aliphatic rings. The number of aliphatic hydroxyl groups excluding tert-OH is 1. The molecule has 3 aromatic rings. The molecule has 4 rings (SSSR count). The Morgan fingerprint density at radius 2 is 1.94 bits per heavy atom. The number of aromatic nitrogens is 2. The standard InChI is InChI=1S/C26H28N4O3S2/c1-3-4-8-13-30-25(33)21(35-26(30)34)15-19-22(27-16-20(31)18-11-6-5-7-12-18)28-23-17(2)10-9-14-29(23)24(19)32/h5-7,9-12,14-15,20,27,31H,3-4,8,13,16H2,1-2H3/b21-15-. The number of amides is 1. The van der Waals surface area contributed by atoms with E-state index >= 15 is 0 Å². The van der Waals surface area contributed by atoms with E-state index < -0.39 is 6.10 Å². The number of carbonyl (C=O) groups is 1. The number of thioether (sulfide) groups is 1. The number of benzene rings is 1. The lowest BCUT2D eigenvalue weighted by atomic mass is 10.1. The van der Waals surface area contributed by atoms with E-state index in [-0.39, 0.29) is 23.6 Å². The molecule has 1 fully saturated rings. The van der Waals surface area contributed by atoms with Crippen LogP contribution < -0.4 is 10.9 Å². The van der Waals surface area contributed by atoms with Gasteiger partial charge in [-0.2, -0.15) is 0 Å². The molecule has 0 spiro atoms. The number of thiocarbonyl (C=S) groups is 1. The number of hydrogen-bond donors (Lipinski definition) is 2. The molecule has 0 radical (unpaired) electrons.